The Balaban J connectivity index is 2.09. The Morgan fingerprint density at radius 1 is 1.38 bits per heavy atom. The largest absolute Gasteiger partial charge is 0.352 e. The summed E-state index contributed by atoms with van der Waals surface area (Å²) in [6.45, 7) is 3.99. The second-order valence-electron chi connectivity index (χ2n) is 5.73. The molecule has 0 aliphatic carbocycles. The third kappa shape index (κ3) is 2.76. The van der Waals surface area contributed by atoms with Gasteiger partial charge in [-0.2, -0.15) is 0 Å². The molecule has 1 spiro atoms. The van der Waals surface area contributed by atoms with Crippen molar-refractivity contribution in [2.75, 3.05) is 13.1 Å². The SMILES string of the molecule is CC(C)C(NC(N)=O)C(=O)N1CCC2(C1)NC(=O)NC2=O. The van der Waals surface area contributed by atoms with Gasteiger partial charge in [0.2, 0.25) is 5.91 Å². The number of urea groups is 2. The first kappa shape index (κ1) is 15.1. The van der Waals surface area contributed by atoms with Crippen molar-refractivity contribution in [2.45, 2.75) is 31.8 Å². The van der Waals surface area contributed by atoms with Gasteiger partial charge in [0.1, 0.15) is 11.6 Å². The summed E-state index contributed by atoms with van der Waals surface area (Å²) in [5, 5.41) is 7.16. The van der Waals surface area contributed by atoms with Crippen LogP contribution in [0.25, 0.3) is 0 Å². The zero-order valence-corrected chi connectivity index (χ0v) is 11.9. The number of nitrogens with one attached hydrogen (secondary N) is 3. The Labute approximate surface area is 121 Å². The van der Waals surface area contributed by atoms with Gasteiger partial charge >= 0.3 is 12.1 Å². The van der Waals surface area contributed by atoms with Crippen molar-refractivity contribution in [3.63, 3.8) is 0 Å². The molecule has 2 fully saturated rings. The molecule has 2 unspecified atom stereocenters. The van der Waals surface area contributed by atoms with Crippen LogP contribution >= 0.6 is 0 Å². The van der Waals surface area contributed by atoms with Gasteiger partial charge in [-0.1, -0.05) is 13.8 Å². The summed E-state index contributed by atoms with van der Waals surface area (Å²) in [5.41, 5.74) is 4.03. The van der Waals surface area contributed by atoms with Crippen LogP contribution in [0.1, 0.15) is 20.3 Å². The van der Waals surface area contributed by atoms with Gasteiger partial charge in [-0.05, 0) is 12.3 Å². The molecule has 2 heterocycles. The van der Waals surface area contributed by atoms with E-state index in [1.165, 1.54) is 4.90 Å². The van der Waals surface area contributed by atoms with Crippen LogP contribution in [0.2, 0.25) is 0 Å². The highest BCUT2D eigenvalue weighted by atomic mass is 16.2. The molecular formula is C12H19N5O4. The predicted octanol–water partition coefficient (Wildman–Crippen LogP) is -1.51. The summed E-state index contributed by atoms with van der Waals surface area (Å²) in [4.78, 5) is 48.0. The number of rotatable bonds is 3. The lowest BCUT2D eigenvalue weighted by Crippen LogP contribution is -2.54. The summed E-state index contributed by atoms with van der Waals surface area (Å²) in [6, 6.07) is -2.08. The summed E-state index contributed by atoms with van der Waals surface area (Å²) in [7, 11) is 0. The molecule has 0 saturated carbocycles. The summed E-state index contributed by atoms with van der Waals surface area (Å²) < 4.78 is 0. The predicted molar refractivity (Wildman–Crippen MR) is 71.9 cm³/mol. The number of carbonyl (C=O) groups is 4. The van der Waals surface area contributed by atoms with E-state index in [0.717, 1.165) is 0 Å². The van der Waals surface area contributed by atoms with Gasteiger partial charge in [0.15, 0.2) is 0 Å². The average Bonchev–Trinajstić information content (AvgIpc) is 2.90. The molecule has 2 aliphatic rings. The van der Waals surface area contributed by atoms with Crippen LogP contribution in [0.3, 0.4) is 0 Å². The highest BCUT2D eigenvalue weighted by molar-refractivity contribution is 6.07. The zero-order chi connectivity index (χ0) is 15.8. The minimum Gasteiger partial charge on any atom is -0.352 e. The lowest BCUT2D eigenvalue weighted by molar-refractivity contribution is -0.133. The smallest absolute Gasteiger partial charge is 0.322 e. The van der Waals surface area contributed by atoms with E-state index in [4.69, 9.17) is 5.73 Å². The van der Waals surface area contributed by atoms with Gasteiger partial charge in [-0.3, -0.25) is 14.9 Å². The Kier molecular flexibility index (Phi) is 3.75. The molecule has 0 bridgehead atoms. The molecule has 0 aromatic heterocycles. The van der Waals surface area contributed by atoms with Gasteiger partial charge < -0.3 is 21.3 Å². The van der Waals surface area contributed by atoms with Crippen molar-refractivity contribution < 1.29 is 19.2 Å². The number of hydrogen-bond donors (Lipinski definition) is 4. The van der Waals surface area contributed by atoms with Crippen LogP contribution in [0.4, 0.5) is 9.59 Å². The highest BCUT2D eigenvalue weighted by Crippen LogP contribution is 2.25. The van der Waals surface area contributed by atoms with Crippen LogP contribution in [0, 0.1) is 5.92 Å². The van der Waals surface area contributed by atoms with Crippen molar-refractivity contribution >= 4 is 23.9 Å². The lowest BCUT2D eigenvalue weighted by atomic mass is 9.99. The van der Waals surface area contributed by atoms with Gasteiger partial charge in [0.25, 0.3) is 5.91 Å². The first-order chi connectivity index (χ1) is 9.75. The van der Waals surface area contributed by atoms with E-state index in [1.807, 2.05) is 0 Å². The Hall–Kier alpha value is -2.32. The quantitative estimate of drug-likeness (QED) is 0.471. The summed E-state index contributed by atoms with van der Waals surface area (Å²) in [6.07, 6.45) is 0.345. The van der Waals surface area contributed by atoms with E-state index >= 15 is 0 Å². The number of hydrogen-bond acceptors (Lipinski definition) is 4. The molecule has 2 atom stereocenters. The number of primary amides is 1. The van der Waals surface area contributed by atoms with E-state index in [0.29, 0.717) is 13.0 Å². The molecule has 0 radical (unpaired) electrons. The third-order valence-electron chi connectivity index (χ3n) is 3.83. The second-order valence-corrected chi connectivity index (χ2v) is 5.73. The molecule has 2 rings (SSSR count). The fourth-order valence-electron chi connectivity index (χ4n) is 2.68. The molecule has 6 amide bonds. The number of likely N-dealkylation sites (tertiary alicyclic amines) is 1. The maximum atomic E-state index is 12.5. The fourth-order valence-corrected chi connectivity index (χ4v) is 2.68. The van der Waals surface area contributed by atoms with E-state index in [2.05, 4.69) is 16.0 Å². The first-order valence-corrected chi connectivity index (χ1v) is 6.73. The second kappa shape index (κ2) is 5.23. The topological polar surface area (TPSA) is 134 Å². The van der Waals surface area contributed by atoms with Crippen LogP contribution < -0.4 is 21.7 Å². The normalized spacial score (nSPS) is 26.0. The average molecular weight is 297 g/mol. The molecule has 2 saturated heterocycles. The van der Waals surface area contributed by atoms with E-state index < -0.39 is 29.6 Å². The number of amides is 6. The van der Waals surface area contributed by atoms with E-state index in [9.17, 15) is 19.2 Å². The highest BCUT2D eigenvalue weighted by Gasteiger charge is 2.52. The number of carbonyl (C=O) groups excluding carboxylic acids is 4. The monoisotopic (exact) mass is 297 g/mol. The van der Waals surface area contributed by atoms with Crippen LogP contribution in [0.5, 0.6) is 0 Å². The number of nitrogens with zero attached hydrogens (tertiary/aromatic N) is 1. The standard InChI is InChI=1S/C12H19N5O4/c1-6(2)7(14-10(13)20)8(18)17-4-3-12(5-17)9(19)15-11(21)16-12/h6-7H,3-5H2,1-2H3,(H3,13,14,20)(H2,15,16,19,21). The Morgan fingerprint density at radius 2 is 2.05 bits per heavy atom. The van der Waals surface area contributed by atoms with Gasteiger partial charge in [-0.15, -0.1) is 0 Å². The van der Waals surface area contributed by atoms with Crippen LogP contribution in [0.15, 0.2) is 0 Å². The first-order valence-electron chi connectivity index (χ1n) is 6.73. The number of nitrogens with two attached hydrogens (primary N) is 1. The third-order valence-corrected chi connectivity index (χ3v) is 3.83. The molecule has 0 aromatic carbocycles. The van der Waals surface area contributed by atoms with Crippen LogP contribution in [-0.2, 0) is 9.59 Å². The maximum absolute atomic E-state index is 12.5. The molecule has 0 aromatic rings. The van der Waals surface area contributed by atoms with Crippen molar-refractivity contribution in [2.24, 2.45) is 11.7 Å². The van der Waals surface area contributed by atoms with Gasteiger partial charge in [-0.25, -0.2) is 9.59 Å². The maximum Gasteiger partial charge on any atom is 0.322 e. The zero-order valence-electron chi connectivity index (χ0n) is 11.9. The Morgan fingerprint density at radius 3 is 2.52 bits per heavy atom. The molecule has 9 nitrogen and oxygen atoms in total. The summed E-state index contributed by atoms with van der Waals surface area (Å²) in [5.74, 6) is -0.880. The van der Waals surface area contributed by atoms with E-state index in [-0.39, 0.29) is 18.4 Å². The van der Waals surface area contributed by atoms with Crippen LogP contribution in [-0.4, -0.2) is 53.4 Å². The van der Waals surface area contributed by atoms with Gasteiger partial charge in [0, 0.05) is 6.54 Å². The van der Waals surface area contributed by atoms with E-state index in [1.54, 1.807) is 13.8 Å². The van der Waals surface area contributed by atoms with Gasteiger partial charge in [0.05, 0.1) is 6.54 Å². The summed E-state index contributed by atoms with van der Waals surface area (Å²) >= 11 is 0. The molecular weight excluding hydrogens is 278 g/mol. The molecule has 9 heteroatoms. The minimum absolute atomic E-state index is 0.0903. The van der Waals surface area contributed by atoms with Crippen molar-refractivity contribution in [3.05, 3.63) is 0 Å². The molecule has 21 heavy (non-hydrogen) atoms. The van der Waals surface area contributed by atoms with Crippen molar-refractivity contribution in [3.8, 4) is 0 Å². The van der Waals surface area contributed by atoms with Crippen molar-refractivity contribution in [1.29, 1.82) is 0 Å². The number of imide groups is 1. The molecule has 5 N–H and O–H groups in total. The molecule has 2 aliphatic heterocycles. The lowest BCUT2D eigenvalue weighted by Gasteiger charge is -2.27. The Bertz CT molecular complexity index is 506. The van der Waals surface area contributed by atoms with Crippen molar-refractivity contribution in [1.82, 2.24) is 20.9 Å². The minimum atomic E-state index is -1.05. The molecule has 116 valence electrons. The fraction of sp³-hybridized carbons (Fsp3) is 0.667.